The average molecular weight is 500 g/mol. The molecule has 1 fully saturated rings. The maximum atomic E-state index is 13.4. The first-order valence-electron chi connectivity index (χ1n) is 10.2. The van der Waals surface area contributed by atoms with Gasteiger partial charge in [0.05, 0.1) is 37.6 Å². The van der Waals surface area contributed by atoms with Crippen molar-refractivity contribution < 1.29 is 28.9 Å². The number of anilines is 1. The third-order valence-corrected chi connectivity index (χ3v) is 7.02. The van der Waals surface area contributed by atoms with Crippen LogP contribution >= 0.6 is 22.9 Å². The summed E-state index contributed by atoms with van der Waals surface area (Å²) in [6, 6.07) is 10.7. The smallest absolute Gasteiger partial charge is 0.300 e. The van der Waals surface area contributed by atoms with E-state index in [-0.39, 0.29) is 11.3 Å². The van der Waals surface area contributed by atoms with Crippen LogP contribution in [-0.4, -0.2) is 38.1 Å². The lowest BCUT2D eigenvalue weighted by Crippen LogP contribution is -2.29. The first-order chi connectivity index (χ1) is 16.3. The van der Waals surface area contributed by atoms with Crippen molar-refractivity contribution in [2.24, 2.45) is 0 Å². The molecular formula is C25H22ClNO6S. The van der Waals surface area contributed by atoms with E-state index in [4.69, 9.17) is 25.8 Å². The fourth-order valence-corrected chi connectivity index (χ4v) is 5.13. The van der Waals surface area contributed by atoms with E-state index in [0.717, 1.165) is 10.4 Å². The summed E-state index contributed by atoms with van der Waals surface area (Å²) >= 11 is 7.53. The van der Waals surface area contributed by atoms with Crippen LogP contribution in [-0.2, 0) is 9.59 Å². The third kappa shape index (κ3) is 3.99. The molecule has 0 aliphatic carbocycles. The molecule has 34 heavy (non-hydrogen) atoms. The van der Waals surface area contributed by atoms with Crippen molar-refractivity contribution in [1.82, 2.24) is 0 Å². The van der Waals surface area contributed by atoms with Gasteiger partial charge in [-0.15, -0.1) is 11.3 Å². The van der Waals surface area contributed by atoms with E-state index in [1.807, 2.05) is 18.4 Å². The van der Waals surface area contributed by atoms with E-state index in [1.54, 1.807) is 30.3 Å². The number of amides is 1. The maximum absolute atomic E-state index is 13.4. The Morgan fingerprint density at radius 1 is 1.00 bits per heavy atom. The first kappa shape index (κ1) is 23.7. The zero-order valence-electron chi connectivity index (χ0n) is 18.9. The lowest BCUT2D eigenvalue weighted by Gasteiger charge is -2.25. The molecule has 3 aromatic rings. The zero-order chi connectivity index (χ0) is 24.6. The molecule has 1 aliphatic rings. The summed E-state index contributed by atoms with van der Waals surface area (Å²) in [6.07, 6.45) is 0. The Balaban J connectivity index is 1.97. The summed E-state index contributed by atoms with van der Waals surface area (Å²) in [5.74, 6) is -0.632. The topological polar surface area (TPSA) is 85.3 Å². The summed E-state index contributed by atoms with van der Waals surface area (Å²) in [7, 11) is 4.46. The third-order valence-electron chi connectivity index (χ3n) is 5.63. The highest BCUT2D eigenvalue weighted by atomic mass is 35.5. The Kier molecular flexibility index (Phi) is 6.54. The monoisotopic (exact) mass is 499 g/mol. The number of hydrogen-bond acceptors (Lipinski definition) is 7. The Hall–Kier alpha value is -3.49. The largest absolute Gasteiger partial charge is 0.507 e. The predicted molar refractivity (Wildman–Crippen MR) is 131 cm³/mol. The van der Waals surface area contributed by atoms with Crippen LogP contribution in [0.25, 0.3) is 5.76 Å². The molecule has 4 rings (SSSR count). The molecule has 2 heterocycles. The molecule has 2 aromatic carbocycles. The number of benzene rings is 2. The van der Waals surface area contributed by atoms with Crippen molar-refractivity contribution in [3.05, 3.63) is 74.4 Å². The van der Waals surface area contributed by atoms with E-state index in [1.165, 1.54) is 43.6 Å². The number of halogens is 1. The Morgan fingerprint density at radius 2 is 1.68 bits per heavy atom. The molecule has 1 atom stereocenters. The van der Waals surface area contributed by atoms with Crippen LogP contribution in [0.2, 0.25) is 5.02 Å². The minimum Gasteiger partial charge on any atom is -0.507 e. The number of hydrogen-bond donors (Lipinski definition) is 1. The first-order valence-corrected chi connectivity index (χ1v) is 11.5. The molecule has 9 heteroatoms. The minimum absolute atomic E-state index is 0.0262. The van der Waals surface area contributed by atoms with Crippen molar-refractivity contribution in [2.75, 3.05) is 26.2 Å². The van der Waals surface area contributed by atoms with Crippen molar-refractivity contribution in [1.29, 1.82) is 0 Å². The number of carbonyl (C=O) groups is 2. The molecule has 176 valence electrons. The fourth-order valence-electron chi connectivity index (χ4n) is 3.91. The van der Waals surface area contributed by atoms with Crippen LogP contribution in [0.1, 0.15) is 22.0 Å². The molecule has 1 amide bonds. The number of ketones is 1. The van der Waals surface area contributed by atoms with Crippen molar-refractivity contribution in [3.63, 3.8) is 0 Å². The van der Waals surface area contributed by atoms with Gasteiger partial charge < -0.3 is 19.3 Å². The number of methoxy groups -OCH3 is 3. The average Bonchev–Trinajstić information content (AvgIpc) is 3.38. The summed E-state index contributed by atoms with van der Waals surface area (Å²) < 4.78 is 16.0. The lowest BCUT2D eigenvalue weighted by atomic mass is 9.98. The van der Waals surface area contributed by atoms with E-state index >= 15 is 0 Å². The fraction of sp³-hybridized carbons (Fsp3) is 0.200. The highest BCUT2D eigenvalue weighted by molar-refractivity contribution is 7.10. The predicted octanol–water partition coefficient (Wildman–Crippen LogP) is 5.36. The summed E-state index contributed by atoms with van der Waals surface area (Å²) in [5, 5.41) is 13.5. The van der Waals surface area contributed by atoms with Gasteiger partial charge in [0.1, 0.15) is 29.0 Å². The van der Waals surface area contributed by atoms with E-state index in [9.17, 15) is 14.7 Å². The molecule has 1 N–H and O–H groups in total. The highest BCUT2D eigenvalue weighted by Crippen LogP contribution is 2.46. The number of aliphatic hydroxyl groups is 1. The van der Waals surface area contributed by atoms with Gasteiger partial charge in [-0.05, 0) is 42.1 Å². The molecular weight excluding hydrogens is 478 g/mol. The van der Waals surface area contributed by atoms with E-state index in [0.29, 0.717) is 33.5 Å². The molecule has 1 unspecified atom stereocenters. The number of aliphatic hydroxyl groups excluding tert-OH is 1. The SMILES string of the molecule is COc1cc(OC)cc(N2C(=O)C(=O)/C(=C(\O)c3ccc(Cl)c(OC)c3)C2c2sccc2C)c1. The number of rotatable bonds is 6. The second-order valence-corrected chi connectivity index (χ2v) is 8.91. The van der Waals surface area contributed by atoms with Gasteiger partial charge in [-0.1, -0.05) is 11.6 Å². The van der Waals surface area contributed by atoms with Crippen molar-refractivity contribution in [2.45, 2.75) is 13.0 Å². The van der Waals surface area contributed by atoms with Gasteiger partial charge in [0.25, 0.3) is 11.7 Å². The van der Waals surface area contributed by atoms with Crippen LogP contribution in [0.4, 0.5) is 5.69 Å². The quantitative estimate of drug-likeness (QED) is 0.279. The van der Waals surface area contributed by atoms with Crippen LogP contribution in [0.15, 0.2) is 53.4 Å². The van der Waals surface area contributed by atoms with Gasteiger partial charge in [-0.2, -0.15) is 0 Å². The summed E-state index contributed by atoms with van der Waals surface area (Å²) in [5.41, 5.74) is 1.57. The number of aryl methyl sites for hydroxylation is 1. The zero-order valence-corrected chi connectivity index (χ0v) is 20.5. The van der Waals surface area contributed by atoms with E-state index < -0.39 is 17.7 Å². The minimum atomic E-state index is -0.849. The van der Waals surface area contributed by atoms with Gasteiger partial charge in [-0.25, -0.2) is 0 Å². The van der Waals surface area contributed by atoms with Gasteiger partial charge in [0.2, 0.25) is 0 Å². The number of ether oxygens (including phenoxy) is 3. The number of carbonyl (C=O) groups excluding carboxylic acids is 2. The molecule has 1 aromatic heterocycles. The van der Waals surface area contributed by atoms with Gasteiger partial charge in [0.15, 0.2) is 0 Å². The molecule has 0 spiro atoms. The van der Waals surface area contributed by atoms with Gasteiger partial charge in [0, 0.05) is 28.6 Å². The van der Waals surface area contributed by atoms with Crippen LogP contribution < -0.4 is 19.1 Å². The second-order valence-electron chi connectivity index (χ2n) is 7.56. The highest BCUT2D eigenvalue weighted by Gasteiger charge is 2.48. The number of thiophene rings is 1. The molecule has 7 nitrogen and oxygen atoms in total. The molecule has 0 bridgehead atoms. The van der Waals surface area contributed by atoms with Gasteiger partial charge in [-0.3, -0.25) is 14.5 Å². The summed E-state index contributed by atoms with van der Waals surface area (Å²) in [6.45, 7) is 1.89. The van der Waals surface area contributed by atoms with Crippen LogP contribution in [0.5, 0.6) is 17.2 Å². The van der Waals surface area contributed by atoms with Crippen LogP contribution in [0, 0.1) is 6.92 Å². The molecule has 1 aliphatic heterocycles. The maximum Gasteiger partial charge on any atom is 0.300 e. The second kappa shape index (κ2) is 9.40. The standard InChI is InChI=1S/C25H22ClNO6S/c1-13-7-8-34-24(13)21-20(22(28)14-5-6-18(26)19(9-14)33-4)23(29)25(30)27(21)15-10-16(31-2)12-17(11-15)32-3/h5-12,21,28H,1-4H3/b22-20-. The Morgan fingerprint density at radius 3 is 2.24 bits per heavy atom. The van der Waals surface area contributed by atoms with Crippen molar-refractivity contribution >= 4 is 46.1 Å². The number of Topliss-reactive ketones (excluding diaryl/α,β-unsaturated/α-hetero) is 1. The Bertz CT molecular complexity index is 1290. The summed E-state index contributed by atoms with van der Waals surface area (Å²) in [4.78, 5) is 28.8. The lowest BCUT2D eigenvalue weighted by molar-refractivity contribution is -0.132. The molecule has 0 saturated carbocycles. The van der Waals surface area contributed by atoms with E-state index in [2.05, 4.69) is 0 Å². The number of nitrogens with zero attached hydrogens (tertiary/aromatic N) is 1. The normalized spacial score (nSPS) is 17.2. The molecule has 1 saturated heterocycles. The molecule has 0 radical (unpaired) electrons. The van der Waals surface area contributed by atoms with Crippen molar-refractivity contribution in [3.8, 4) is 17.2 Å². The van der Waals surface area contributed by atoms with Crippen LogP contribution in [0.3, 0.4) is 0 Å². The Labute approximate surface area is 205 Å². The van der Waals surface area contributed by atoms with Gasteiger partial charge >= 0.3 is 0 Å².